The molecule has 0 aromatic heterocycles. The maximum atomic E-state index is 17.4. The fourth-order valence-electron chi connectivity index (χ4n) is 8.86. The number of carbonyl (C=O) groups is 2. The number of alkyl halides is 4. The third-order valence-corrected chi connectivity index (χ3v) is 10.5. The van der Waals surface area contributed by atoms with Gasteiger partial charge in [0.2, 0.25) is 0 Å². The van der Waals surface area contributed by atoms with Crippen LogP contribution in [0.4, 0.5) is 23.2 Å². The number of benzene rings is 1. The Kier molecular flexibility index (Phi) is 5.91. The van der Waals surface area contributed by atoms with Gasteiger partial charge in [0, 0.05) is 28.7 Å². The van der Waals surface area contributed by atoms with E-state index in [1.54, 1.807) is 19.9 Å². The molecule has 0 amide bonds. The Morgan fingerprint density at radius 2 is 2.00 bits per heavy atom. The van der Waals surface area contributed by atoms with Crippen LogP contribution in [-0.4, -0.2) is 58.7 Å². The van der Waals surface area contributed by atoms with E-state index in [0.29, 0.717) is 24.8 Å². The summed E-state index contributed by atoms with van der Waals surface area (Å²) in [5.74, 6) is -2.85. The Labute approximate surface area is 228 Å². The third-order valence-electron chi connectivity index (χ3n) is 10.5. The van der Waals surface area contributed by atoms with E-state index in [-0.39, 0.29) is 24.4 Å². The number of carbonyl (C=O) groups excluding carboxylic acids is 2. The Hall–Kier alpha value is -2.76. The van der Waals surface area contributed by atoms with Crippen LogP contribution in [0.1, 0.15) is 39.5 Å². The first kappa shape index (κ1) is 27.4. The molecule has 6 rings (SSSR count). The molecule has 1 aromatic rings. The van der Waals surface area contributed by atoms with Crippen molar-refractivity contribution < 1.29 is 46.9 Å². The van der Waals surface area contributed by atoms with Crippen molar-refractivity contribution in [2.45, 2.75) is 63.3 Å². The van der Waals surface area contributed by atoms with Gasteiger partial charge in [0.25, 0.3) is 0 Å². The zero-order valence-corrected chi connectivity index (χ0v) is 22.1. The van der Waals surface area contributed by atoms with Crippen LogP contribution in [0.5, 0.6) is 5.75 Å². The molecule has 0 unspecified atom stereocenters. The second-order valence-corrected chi connectivity index (χ2v) is 12.2. The van der Waals surface area contributed by atoms with Crippen molar-refractivity contribution in [2.24, 2.45) is 28.6 Å². The summed E-state index contributed by atoms with van der Waals surface area (Å²) in [6.07, 6.45) is -0.989. The predicted molar refractivity (Wildman–Crippen MR) is 134 cm³/mol. The summed E-state index contributed by atoms with van der Waals surface area (Å²) in [7, 11) is 0. The van der Waals surface area contributed by atoms with Gasteiger partial charge in [-0.05, 0) is 62.8 Å². The Morgan fingerprint density at radius 1 is 1.25 bits per heavy atom. The van der Waals surface area contributed by atoms with Gasteiger partial charge in [-0.3, -0.25) is 19.5 Å². The van der Waals surface area contributed by atoms with Crippen molar-refractivity contribution in [3.63, 3.8) is 0 Å². The molecule has 5 aliphatic rings. The van der Waals surface area contributed by atoms with Crippen molar-refractivity contribution in [3.05, 3.63) is 48.1 Å². The first-order valence-electron chi connectivity index (χ1n) is 13.5. The highest BCUT2D eigenvalue weighted by atomic mass is 19.4. The standard InChI is InChI=1S/C29H31F4NO6/c1-25-9-8-19(36)10-16(25)6-7-21-22-11-17-14-34(18-4-3-5-20(12-18)39-29(31,32)33)40-28(17,24(38)15-35)26(22,2)13-23(37)27(21,25)30/h3-5,8-10,12,17,21-23,35,37H,6-7,11,13-15H2,1-2H3/t17-,21-,22-,23-,25-,26-,27-,28-/m0/s1. The first-order chi connectivity index (χ1) is 18.7. The zero-order chi connectivity index (χ0) is 28.9. The van der Waals surface area contributed by atoms with Crippen molar-refractivity contribution in [2.75, 3.05) is 18.2 Å². The van der Waals surface area contributed by atoms with Crippen molar-refractivity contribution in [1.82, 2.24) is 0 Å². The third kappa shape index (κ3) is 3.46. The molecule has 4 aliphatic carbocycles. The molecule has 0 bridgehead atoms. The highest BCUT2D eigenvalue weighted by molar-refractivity contribution is 6.01. The smallest absolute Gasteiger partial charge is 0.406 e. The number of anilines is 1. The molecule has 216 valence electrons. The van der Waals surface area contributed by atoms with Crippen molar-refractivity contribution in [1.29, 1.82) is 0 Å². The van der Waals surface area contributed by atoms with Gasteiger partial charge in [0.1, 0.15) is 12.4 Å². The molecule has 1 aliphatic heterocycles. The van der Waals surface area contributed by atoms with Crippen LogP contribution in [0.3, 0.4) is 0 Å². The van der Waals surface area contributed by atoms with Gasteiger partial charge < -0.3 is 14.9 Å². The maximum Gasteiger partial charge on any atom is 0.573 e. The molecule has 1 heterocycles. The molecule has 0 spiro atoms. The largest absolute Gasteiger partial charge is 0.573 e. The van der Waals surface area contributed by atoms with Gasteiger partial charge in [-0.1, -0.05) is 24.6 Å². The van der Waals surface area contributed by atoms with E-state index in [2.05, 4.69) is 4.74 Å². The Morgan fingerprint density at radius 3 is 2.70 bits per heavy atom. The van der Waals surface area contributed by atoms with E-state index < -0.39 is 70.5 Å². The van der Waals surface area contributed by atoms with E-state index in [0.717, 1.165) is 12.1 Å². The average molecular weight is 566 g/mol. The highest BCUT2D eigenvalue weighted by Crippen LogP contribution is 2.72. The van der Waals surface area contributed by atoms with Crippen LogP contribution < -0.4 is 9.80 Å². The van der Waals surface area contributed by atoms with E-state index in [9.17, 15) is 33.0 Å². The number of hydrogen-bond donors (Lipinski definition) is 2. The van der Waals surface area contributed by atoms with Gasteiger partial charge in [0.05, 0.1) is 18.3 Å². The minimum atomic E-state index is -4.89. The molecular weight excluding hydrogens is 534 g/mol. The normalized spacial score (nSPS) is 42.0. The quantitative estimate of drug-likeness (QED) is 0.528. The lowest BCUT2D eigenvalue weighted by atomic mass is 9.44. The van der Waals surface area contributed by atoms with Crippen LogP contribution in [0, 0.1) is 28.6 Å². The Bertz CT molecular complexity index is 1330. The minimum Gasteiger partial charge on any atom is -0.406 e. The first-order valence-corrected chi connectivity index (χ1v) is 13.5. The molecule has 0 radical (unpaired) electrons. The van der Waals surface area contributed by atoms with E-state index in [4.69, 9.17) is 4.84 Å². The second kappa shape index (κ2) is 8.62. The monoisotopic (exact) mass is 565 g/mol. The second-order valence-electron chi connectivity index (χ2n) is 12.2. The number of fused-ring (bicyclic) bond motifs is 7. The highest BCUT2D eigenvalue weighted by Gasteiger charge is 2.78. The number of allylic oxidation sites excluding steroid dienone is 4. The summed E-state index contributed by atoms with van der Waals surface area (Å²) in [6, 6.07) is 5.20. The Balaban J connectivity index is 1.38. The van der Waals surface area contributed by atoms with Gasteiger partial charge in [-0.25, -0.2) is 4.39 Å². The zero-order valence-electron chi connectivity index (χ0n) is 22.1. The van der Waals surface area contributed by atoms with Crippen LogP contribution in [-0.2, 0) is 14.4 Å². The molecule has 11 heteroatoms. The number of rotatable bonds is 4. The van der Waals surface area contributed by atoms with Crippen LogP contribution in [0.2, 0.25) is 0 Å². The molecule has 1 aromatic carbocycles. The van der Waals surface area contributed by atoms with Gasteiger partial charge in [-0.2, -0.15) is 0 Å². The lowest BCUT2D eigenvalue weighted by molar-refractivity contribution is -0.274. The van der Waals surface area contributed by atoms with Crippen LogP contribution >= 0.6 is 0 Å². The number of Topliss-reactive ketones (excluding diaryl/α,β-unsaturated/α-hetero) is 1. The molecule has 3 saturated carbocycles. The number of aliphatic hydroxyl groups is 2. The fourth-order valence-corrected chi connectivity index (χ4v) is 8.86. The van der Waals surface area contributed by atoms with Crippen molar-refractivity contribution >= 4 is 17.3 Å². The molecular formula is C29H31F4NO6. The molecule has 40 heavy (non-hydrogen) atoms. The molecule has 2 N–H and O–H groups in total. The van der Waals surface area contributed by atoms with E-state index in [1.807, 2.05) is 0 Å². The molecule has 7 nitrogen and oxygen atoms in total. The number of nitrogens with zero attached hydrogens (tertiary/aromatic N) is 1. The summed E-state index contributed by atoms with van der Waals surface area (Å²) >= 11 is 0. The molecule has 1 saturated heterocycles. The summed E-state index contributed by atoms with van der Waals surface area (Å²) in [5, 5.41) is 23.0. The summed E-state index contributed by atoms with van der Waals surface area (Å²) in [5.41, 5.74) is -5.12. The number of aliphatic hydroxyl groups excluding tert-OH is 2. The van der Waals surface area contributed by atoms with Crippen LogP contribution in [0.15, 0.2) is 48.1 Å². The number of hydroxylamine groups is 1. The minimum absolute atomic E-state index is 0.117. The number of ether oxygens (including phenoxy) is 1. The van der Waals surface area contributed by atoms with E-state index >= 15 is 4.39 Å². The lowest BCUT2D eigenvalue weighted by Crippen LogP contribution is -2.69. The van der Waals surface area contributed by atoms with Crippen LogP contribution in [0.25, 0.3) is 0 Å². The van der Waals surface area contributed by atoms with E-state index in [1.165, 1.54) is 29.3 Å². The molecule has 4 fully saturated rings. The fraction of sp³-hybridized carbons (Fsp3) is 0.586. The summed E-state index contributed by atoms with van der Waals surface area (Å²) in [6.45, 7) is 2.76. The topological polar surface area (TPSA) is 96.3 Å². The SMILES string of the molecule is C[C@]12C=CC(=O)C=C1CC[C@H]1[C@@H]3C[C@H]4CN(c5cccc(OC(F)(F)F)c5)O[C@@]4(C(=O)CO)[C@@]3(C)C[C@H](O)[C@@]12F. The lowest BCUT2D eigenvalue weighted by Gasteiger charge is -2.62. The average Bonchev–Trinajstić information content (AvgIpc) is 3.38. The van der Waals surface area contributed by atoms with Gasteiger partial charge >= 0.3 is 6.36 Å². The maximum absolute atomic E-state index is 17.4. The van der Waals surface area contributed by atoms with Gasteiger partial charge in [0.15, 0.2) is 22.8 Å². The predicted octanol–water partition coefficient (Wildman–Crippen LogP) is 4.23. The summed E-state index contributed by atoms with van der Waals surface area (Å²) in [4.78, 5) is 32.0. The summed E-state index contributed by atoms with van der Waals surface area (Å²) < 4.78 is 59.9. The van der Waals surface area contributed by atoms with Crippen molar-refractivity contribution in [3.8, 4) is 5.75 Å². The molecule has 8 atom stereocenters. The number of hydrogen-bond acceptors (Lipinski definition) is 7. The number of ketones is 2. The van der Waals surface area contributed by atoms with Gasteiger partial charge in [-0.15, -0.1) is 13.2 Å². The number of halogens is 4.